The SMILES string of the molecule is CCC(C)C(C)(O)c1cnn(CC)c1. The molecule has 0 amide bonds. The number of rotatable bonds is 4. The average molecular weight is 196 g/mol. The molecule has 0 saturated carbocycles. The molecule has 0 saturated heterocycles. The molecular weight excluding hydrogens is 176 g/mol. The van der Waals surface area contributed by atoms with Crippen LogP contribution < -0.4 is 0 Å². The van der Waals surface area contributed by atoms with Crippen molar-refractivity contribution >= 4 is 0 Å². The van der Waals surface area contributed by atoms with Gasteiger partial charge < -0.3 is 5.11 Å². The summed E-state index contributed by atoms with van der Waals surface area (Å²) in [7, 11) is 0. The van der Waals surface area contributed by atoms with E-state index >= 15 is 0 Å². The summed E-state index contributed by atoms with van der Waals surface area (Å²) in [6, 6.07) is 0. The van der Waals surface area contributed by atoms with Crippen LogP contribution in [0.25, 0.3) is 0 Å². The van der Waals surface area contributed by atoms with Crippen LogP contribution in [-0.2, 0) is 12.1 Å². The Bertz CT molecular complexity index is 291. The van der Waals surface area contributed by atoms with Crippen LogP contribution in [0.5, 0.6) is 0 Å². The Kier molecular flexibility index (Phi) is 3.32. The predicted octanol–water partition coefficient (Wildman–Crippen LogP) is 2.16. The first-order chi connectivity index (χ1) is 6.52. The minimum atomic E-state index is -0.762. The highest BCUT2D eigenvalue weighted by Gasteiger charge is 2.30. The molecule has 0 spiro atoms. The third kappa shape index (κ3) is 1.98. The zero-order valence-corrected chi connectivity index (χ0v) is 9.49. The van der Waals surface area contributed by atoms with Gasteiger partial charge in [-0.25, -0.2) is 0 Å². The van der Waals surface area contributed by atoms with E-state index in [0.29, 0.717) is 0 Å². The van der Waals surface area contributed by atoms with Gasteiger partial charge >= 0.3 is 0 Å². The maximum absolute atomic E-state index is 10.3. The summed E-state index contributed by atoms with van der Waals surface area (Å²) in [6.07, 6.45) is 4.64. The lowest BCUT2D eigenvalue weighted by Gasteiger charge is -2.28. The molecule has 1 rings (SSSR count). The number of nitrogens with zero attached hydrogens (tertiary/aromatic N) is 2. The molecular formula is C11H20N2O. The summed E-state index contributed by atoms with van der Waals surface area (Å²) in [5, 5.41) is 14.5. The summed E-state index contributed by atoms with van der Waals surface area (Å²) in [4.78, 5) is 0. The second-order valence-electron chi connectivity index (χ2n) is 4.04. The van der Waals surface area contributed by atoms with Crippen LogP contribution in [0.3, 0.4) is 0 Å². The van der Waals surface area contributed by atoms with Crippen molar-refractivity contribution in [2.45, 2.75) is 46.3 Å². The van der Waals surface area contributed by atoms with E-state index in [2.05, 4.69) is 18.9 Å². The van der Waals surface area contributed by atoms with Gasteiger partial charge in [0.2, 0.25) is 0 Å². The summed E-state index contributed by atoms with van der Waals surface area (Å²) >= 11 is 0. The highest BCUT2D eigenvalue weighted by molar-refractivity contribution is 5.15. The van der Waals surface area contributed by atoms with Crippen molar-refractivity contribution in [3.63, 3.8) is 0 Å². The molecule has 0 aliphatic rings. The van der Waals surface area contributed by atoms with Crippen molar-refractivity contribution in [1.82, 2.24) is 9.78 Å². The van der Waals surface area contributed by atoms with Gasteiger partial charge in [-0.1, -0.05) is 20.3 Å². The van der Waals surface area contributed by atoms with E-state index in [1.807, 2.05) is 24.7 Å². The average Bonchev–Trinajstić information content (AvgIpc) is 2.65. The normalized spacial score (nSPS) is 17.8. The van der Waals surface area contributed by atoms with Crippen LogP contribution in [0, 0.1) is 5.92 Å². The van der Waals surface area contributed by atoms with E-state index in [0.717, 1.165) is 18.5 Å². The fourth-order valence-electron chi connectivity index (χ4n) is 1.48. The molecule has 2 atom stereocenters. The van der Waals surface area contributed by atoms with E-state index in [4.69, 9.17) is 0 Å². The fraction of sp³-hybridized carbons (Fsp3) is 0.727. The van der Waals surface area contributed by atoms with Crippen LogP contribution in [0.4, 0.5) is 0 Å². The van der Waals surface area contributed by atoms with Crippen LogP contribution >= 0.6 is 0 Å². The fourth-order valence-corrected chi connectivity index (χ4v) is 1.48. The zero-order valence-electron chi connectivity index (χ0n) is 9.49. The Balaban J connectivity index is 2.91. The third-order valence-corrected chi connectivity index (χ3v) is 3.11. The monoisotopic (exact) mass is 196 g/mol. The summed E-state index contributed by atoms with van der Waals surface area (Å²) < 4.78 is 1.84. The Morgan fingerprint density at radius 3 is 2.64 bits per heavy atom. The summed E-state index contributed by atoms with van der Waals surface area (Å²) in [6.45, 7) is 8.89. The molecule has 14 heavy (non-hydrogen) atoms. The smallest absolute Gasteiger partial charge is 0.0924 e. The maximum Gasteiger partial charge on any atom is 0.0924 e. The molecule has 0 aromatic carbocycles. The largest absolute Gasteiger partial charge is 0.385 e. The number of aliphatic hydroxyl groups is 1. The molecule has 0 fully saturated rings. The maximum atomic E-state index is 10.3. The van der Waals surface area contributed by atoms with Crippen LogP contribution in [0.1, 0.15) is 39.7 Å². The number of aromatic nitrogens is 2. The van der Waals surface area contributed by atoms with Crippen LogP contribution in [-0.4, -0.2) is 14.9 Å². The molecule has 0 aliphatic heterocycles. The molecule has 1 heterocycles. The molecule has 1 N–H and O–H groups in total. The van der Waals surface area contributed by atoms with Crippen molar-refractivity contribution < 1.29 is 5.11 Å². The number of aryl methyl sites for hydroxylation is 1. The second kappa shape index (κ2) is 4.13. The van der Waals surface area contributed by atoms with Gasteiger partial charge in [-0.05, 0) is 19.8 Å². The van der Waals surface area contributed by atoms with Gasteiger partial charge in [0.25, 0.3) is 0 Å². The number of hydrogen-bond acceptors (Lipinski definition) is 2. The van der Waals surface area contributed by atoms with Crippen molar-refractivity contribution in [1.29, 1.82) is 0 Å². The van der Waals surface area contributed by atoms with Gasteiger partial charge in [0.15, 0.2) is 0 Å². The topological polar surface area (TPSA) is 38.1 Å². The van der Waals surface area contributed by atoms with Crippen molar-refractivity contribution in [3.05, 3.63) is 18.0 Å². The molecule has 80 valence electrons. The quantitative estimate of drug-likeness (QED) is 0.801. The lowest BCUT2D eigenvalue weighted by Crippen LogP contribution is -2.29. The highest BCUT2D eigenvalue weighted by Crippen LogP contribution is 2.30. The summed E-state index contributed by atoms with van der Waals surface area (Å²) in [5.74, 6) is 0.247. The third-order valence-electron chi connectivity index (χ3n) is 3.11. The first-order valence-corrected chi connectivity index (χ1v) is 5.27. The van der Waals surface area contributed by atoms with Crippen molar-refractivity contribution in [3.8, 4) is 0 Å². The Labute approximate surface area is 85.8 Å². The molecule has 0 radical (unpaired) electrons. The Morgan fingerprint density at radius 2 is 2.21 bits per heavy atom. The lowest BCUT2D eigenvalue weighted by molar-refractivity contribution is -0.0000587. The molecule has 1 aromatic heterocycles. The Hall–Kier alpha value is -0.830. The minimum absolute atomic E-state index is 0.247. The molecule has 0 bridgehead atoms. The van der Waals surface area contributed by atoms with Crippen molar-refractivity contribution in [2.24, 2.45) is 5.92 Å². The first kappa shape index (κ1) is 11.2. The zero-order chi connectivity index (χ0) is 10.8. The standard InChI is InChI=1S/C11H20N2O/c1-5-9(3)11(4,14)10-7-12-13(6-2)8-10/h7-9,14H,5-6H2,1-4H3. The van der Waals surface area contributed by atoms with Crippen LogP contribution in [0.2, 0.25) is 0 Å². The molecule has 3 heteroatoms. The van der Waals surface area contributed by atoms with E-state index in [1.165, 1.54) is 0 Å². The van der Waals surface area contributed by atoms with E-state index in [9.17, 15) is 5.11 Å². The molecule has 0 aliphatic carbocycles. The van der Waals surface area contributed by atoms with E-state index in [1.54, 1.807) is 6.20 Å². The highest BCUT2D eigenvalue weighted by atomic mass is 16.3. The van der Waals surface area contributed by atoms with E-state index in [-0.39, 0.29) is 5.92 Å². The summed E-state index contributed by atoms with van der Waals surface area (Å²) in [5.41, 5.74) is 0.149. The van der Waals surface area contributed by atoms with Gasteiger partial charge in [-0.3, -0.25) is 4.68 Å². The second-order valence-corrected chi connectivity index (χ2v) is 4.04. The number of hydrogen-bond donors (Lipinski definition) is 1. The van der Waals surface area contributed by atoms with Gasteiger partial charge in [-0.15, -0.1) is 0 Å². The van der Waals surface area contributed by atoms with Gasteiger partial charge in [0.1, 0.15) is 0 Å². The van der Waals surface area contributed by atoms with Crippen molar-refractivity contribution in [2.75, 3.05) is 0 Å². The molecule has 3 nitrogen and oxygen atoms in total. The first-order valence-electron chi connectivity index (χ1n) is 5.27. The molecule has 1 aromatic rings. The molecule has 2 unspecified atom stereocenters. The Morgan fingerprint density at radius 1 is 1.57 bits per heavy atom. The van der Waals surface area contributed by atoms with Gasteiger partial charge in [0.05, 0.1) is 11.8 Å². The van der Waals surface area contributed by atoms with Crippen LogP contribution in [0.15, 0.2) is 12.4 Å². The lowest BCUT2D eigenvalue weighted by atomic mass is 9.84. The predicted molar refractivity (Wildman–Crippen MR) is 56.9 cm³/mol. The van der Waals surface area contributed by atoms with E-state index < -0.39 is 5.60 Å². The minimum Gasteiger partial charge on any atom is -0.385 e. The van der Waals surface area contributed by atoms with Gasteiger partial charge in [0, 0.05) is 18.3 Å². The van der Waals surface area contributed by atoms with Gasteiger partial charge in [-0.2, -0.15) is 5.10 Å².